The molecule has 0 saturated heterocycles. The van der Waals surface area contributed by atoms with Gasteiger partial charge in [-0.25, -0.2) is 0 Å². The summed E-state index contributed by atoms with van der Waals surface area (Å²) in [6.07, 6.45) is 0. The molecule has 0 atom stereocenters. The molecular weight excluding hydrogens is 106 g/mol. The van der Waals surface area contributed by atoms with Crippen LogP contribution in [0.1, 0.15) is 0 Å². The first-order chi connectivity index (χ1) is 3.91. The monoisotopic (exact) mass is 119 g/mol. The van der Waals surface area contributed by atoms with Crippen molar-refractivity contribution in [3.8, 4) is 0 Å². The SMILES string of the molecule is NCCNNCCO. The lowest BCUT2D eigenvalue weighted by atomic mass is 10.7. The molecule has 5 N–H and O–H groups in total. The zero-order valence-corrected chi connectivity index (χ0v) is 4.85. The standard InChI is InChI=1S/C4H13N3O/c5-1-2-6-7-3-4-8/h6-8H,1-5H2. The van der Waals surface area contributed by atoms with E-state index >= 15 is 0 Å². The third-order valence-corrected chi connectivity index (χ3v) is 0.631. The zero-order valence-electron chi connectivity index (χ0n) is 4.85. The molecule has 0 aromatic rings. The highest BCUT2D eigenvalue weighted by Crippen LogP contribution is 1.48. The molecule has 8 heavy (non-hydrogen) atoms. The fourth-order valence-corrected chi connectivity index (χ4v) is 0.305. The fourth-order valence-electron chi connectivity index (χ4n) is 0.305. The van der Waals surface area contributed by atoms with Crippen molar-refractivity contribution in [2.45, 2.75) is 0 Å². The maximum absolute atomic E-state index is 8.23. The number of hydrogen-bond donors (Lipinski definition) is 4. The van der Waals surface area contributed by atoms with Crippen LogP contribution in [-0.4, -0.2) is 31.3 Å². The summed E-state index contributed by atoms with van der Waals surface area (Å²) in [6.45, 7) is 2.07. The van der Waals surface area contributed by atoms with Gasteiger partial charge in [-0.15, -0.1) is 0 Å². The lowest BCUT2D eigenvalue weighted by Crippen LogP contribution is -2.37. The summed E-state index contributed by atoms with van der Waals surface area (Å²) in [5.74, 6) is 0. The van der Waals surface area contributed by atoms with Gasteiger partial charge < -0.3 is 10.8 Å². The van der Waals surface area contributed by atoms with Gasteiger partial charge in [-0.05, 0) is 0 Å². The summed E-state index contributed by atoms with van der Waals surface area (Å²) in [6, 6.07) is 0. The van der Waals surface area contributed by atoms with E-state index in [1.807, 2.05) is 0 Å². The van der Waals surface area contributed by atoms with Crippen LogP contribution in [0, 0.1) is 0 Å². The van der Waals surface area contributed by atoms with Gasteiger partial charge in [0.1, 0.15) is 0 Å². The molecule has 0 bridgehead atoms. The summed E-state index contributed by atoms with van der Waals surface area (Å²) in [5, 5.41) is 8.23. The zero-order chi connectivity index (χ0) is 6.24. The van der Waals surface area contributed by atoms with E-state index in [9.17, 15) is 0 Å². The number of hydrogen-bond acceptors (Lipinski definition) is 4. The van der Waals surface area contributed by atoms with Crippen molar-refractivity contribution >= 4 is 0 Å². The van der Waals surface area contributed by atoms with Crippen molar-refractivity contribution in [2.24, 2.45) is 5.73 Å². The van der Waals surface area contributed by atoms with E-state index in [1.54, 1.807) is 0 Å². The molecule has 0 aliphatic carbocycles. The molecule has 4 heteroatoms. The summed E-state index contributed by atoms with van der Waals surface area (Å²) in [7, 11) is 0. The average Bonchev–Trinajstić information content (AvgIpc) is 1.81. The minimum atomic E-state index is 0.150. The summed E-state index contributed by atoms with van der Waals surface area (Å²) < 4.78 is 0. The van der Waals surface area contributed by atoms with E-state index in [0.29, 0.717) is 13.1 Å². The van der Waals surface area contributed by atoms with E-state index in [1.165, 1.54) is 0 Å². The lowest BCUT2D eigenvalue weighted by Gasteiger charge is -2.01. The number of aliphatic hydroxyl groups is 1. The van der Waals surface area contributed by atoms with Gasteiger partial charge in [-0.2, -0.15) is 0 Å². The Balaban J connectivity index is 2.53. The van der Waals surface area contributed by atoms with Gasteiger partial charge in [0.05, 0.1) is 6.61 Å². The number of hydrazine groups is 1. The second kappa shape index (κ2) is 6.84. The molecule has 0 fully saturated rings. The minimum absolute atomic E-state index is 0.150. The molecule has 0 heterocycles. The Labute approximate surface area is 49.0 Å². The molecule has 0 saturated carbocycles. The van der Waals surface area contributed by atoms with Crippen LogP contribution in [0.3, 0.4) is 0 Å². The van der Waals surface area contributed by atoms with Crippen molar-refractivity contribution in [2.75, 3.05) is 26.2 Å². The largest absolute Gasteiger partial charge is 0.395 e. The second-order valence-electron chi connectivity index (χ2n) is 1.37. The molecule has 0 rings (SSSR count). The van der Waals surface area contributed by atoms with Gasteiger partial charge in [0.25, 0.3) is 0 Å². The topological polar surface area (TPSA) is 70.3 Å². The molecule has 0 aliphatic rings. The third kappa shape index (κ3) is 5.84. The highest BCUT2D eigenvalue weighted by Gasteiger charge is 1.78. The molecule has 50 valence electrons. The van der Waals surface area contributed by atoms with E-state index in [2.05, 4.69) is 10.9 Å². The number of aliphatic hydroxyl groups excluding tert-OH is 1. The van der Waals surface area contributed by atoms with Gasteiger partial charge in [0.15, 0.2) is 0 Å². The van der Waals surface area contributed by atoms with Crippen molar-refractivity contribution < 1.29 is 5.11 Å². The van der Waals surface area contributed by atoms with Gasteiger partial charge in [0, 0.05) is 19.6 Å². The molecule has 0 aromatic carbocycles. The predicted molar refractivity (Wildman–Crippen MR) is 32.1 cm³/mol. The summed E-state index contributed by atoms with van der Waals surface area (Å²) in [5.41, 5.74) is 10.7. The molecule has 0 spiro atoms. The van der Waals surface area contributed by atoms with Crippen LogP contribution in [0.2, 0.25) is 0 Å². The molecule has 4 nitrogen and oxygen atoms in total. The Morgan fingerprint density at radius 2 is 1.88 bits per heavy atom. The molecule has 0 unspecified atom stereocenters. The first-order valence-electron chi connectivity index (χ1n) is 2.68. The third-order valence-electron chi connectivity index (χ3n) is 0.631. The average molecular weight is 119 g/mol. The Morgan fingerprint density at radius 3 is 2.38 bits per heavy atom. The summed E-state index contributed by atoms with van der Waals surface area (Å²) >= 11 is 0. The Morgan fingerprint density at radius 1 is 1.25 bits per heavy atom. The smallest absolute Gasteiger partial charge is 0.0569 e. The van der Waals surface area contributed by atoms with Crippen LogP contribution in [0.4, 0.5) is 0 Å². The molecule has 0 aromatic heterocycles. The van der Waals surface area contributed by atoms with Crippen LogP contribution in [0.5, 0.6) is 0 Å². The quantitative estimate of drug-likeness (QED) is 0.250. The van der Waals surface area contributed by atoms with Crippen molar-refractivity contribution in [3.63, 3.8) is 0 Å². The Kier molecular flexibility index (Phi) is 6.70. The minimum Gasteiger partial charge on any atom is -0.395 e. The maximum Gasteiger partial charge on any atom is 0.0569 e. The van der Waals surface area contributed by atoms with Crippen LogP contribution < -0.4 is 16.6 Å². The summed E-state index contributed by atoms with van der Waals surface area (Å²) in [4.78, 5) is 0. The predicted octanol–water partition coefficient (Wildman–Crippen LogP) is -1.97. The number of rotatable bonds is 5. The van der Waals surface area contributed by atoms with Gasteiger partial charge in [-0.3, -0.25) is 10.9 Å². The van der Waals surface area contributed by atoms with Crippen molar-refractivity contribution in [3.05, 3.63) is 0 Å². The molecule has 0 amide bonds. The van der Waals surface area contributed by atoms with E-state index < -0.39 is 0 Å². The highest BCUT2D eigenvalue weighted by atomic mass is 16.3. The van der Waals surface area contributed by atoms with E-state index in [-0.39, 0.29) is 6.61 Å². The lowest BCUT2D eigenvalue weighted by molar-refractivity contribution is 0.284. The molecular formula is C4H13N3O. The van der Waals surface area contributed by atoms with Crippen LogP contribution in [-0.2, 0) is 0 Å². The maximum atomic E-state index is 8.23. The normalized spacial score (nSPS) is 9.75. The highest BCUT2D eigenvalue weighted by molar-refractivity contribution is 4.39. The first kappa shape index (κ1) is 7.84. The Hall–Kier alpha value is -0.160. The van der Waals surface area contributed by atoms with Crippen LogP contribution in [0.15, 0.2) is 0 Å². The van der Waals surface area contributed by atoms with Gasteiger partial charge in [0.2, 0.25) is 0 Å². The second-order valence-corrected chi connectivity index (χ2v) is 1.37. The number of nitrogens with two attached hydrogens (primary N) is 1. The molecule has 0 aliphatic heterocycles. The van der Waals surface area contributed by atoms with E-state index in [0.717, 1.165) is 6.54 Å². The molecule has 0 radical (unpaired) electrons. The Bertz CT molecular complexity index is 36.3. The van der Waals surface area contributed by atoms with E-state index in [4.69, 9.17) is 10.8 Å². The number of nitrogens with one attached hydrogen (secondary N) is 2. The van der Waals surface area contributed by atoms with Crippen molar-refractivity contribution in [1.29, 1.82) is 0 Å². The van der Waals surface area contributed by atoms with Gasteiger partial charge in [-0.1, -0.05) is 0 Å². The van der Waals surface area contributed by atoms with Crippen LogP contribution >= 0.6 is 0 Å². The van der Waals surface area contributed by atoms with Gasteiger partial charge >= 0.3 is 0 Å². The van der Waals surface area contributed by atoms with Crippen LogP contribution in [0.25, 0.3) is 0 Å². The first-order valence-corrected chi connectivity index (χ1v) is 2.68. The van der Waals surface area contributed by atoms with Crippen molar-refractivity contribution in [1.82, 2.24) is 10.9 Å². The fraction of sp³-hybridized carbons (Fsp3) is 1.00.